The van der Waals surface area contributed by atoms with Crippen molar-refractivity contribution in [3.8, 4) is 0 Å². The number of esters is 1. The highest BCUT2D eigenvalue weighted by Gasteiger charge is 2.01. The summed E-state index contributed by atoms with van der Waals surface area (Å²) in [6, 6.07) is 0. The SMILES string of the molecule is C=C(CC)C(=CC=C(C)C(=O)OC)CC. The van der Waals surface area contributed by atoms with Crippen molar-refractivity contribution in [1.82, 2.24) is 0 Å². The van der Waals surface area contributed by atoms with Gasteiger partial charge in [0.25, 0.3) is 0 Å². The minimum absolute atomic E-state index is 0.288. The van der Waals surface area contributed by atoms with Gasteiger partial charge in [-0.2, -0.15) is 0 Å². The predicted octanol–water partition coefficient (Wildman–Crippen LogP) is 3.41. The normalized spacial score (nSPS) is 12.5. The number of hydrogen-bond acceptors (Lipinski definition) is 2. The van der Waals surface area contributed by atoms with Crippen molar-refractivity contribution in [2.75, 3.05) is 7.11 Å². The Morgan fingerprint density at radius 2 is 1.87 bits per heavy atom. The Bertz CT molecular complexity index is 296. The molecule has 0 aliphatic heterocycles. The molecular formula is C13H20O2. The van der Waals surface area contributed by atoms with Crippen molar-refractivity contribution in [2.45, 2.75) is 33.6 Å². The lowest BCUT2D eigenvalue weighted by Crippen LogP contribution is -2.00. The van der Waals surface area contributed by atoms with Crippen molar-refractivity contribution in [3.63, 3.8) is 0 Å². The lowest BCUT2D eigenvalue weighted by atomic mass is 10.0. The minimum Gasteiger partial charge on any atom is -0.466 e. The third kappa shape index (κ3) is 4.63. The van der Waals surface area contributed by atoms with Crippen molar-refractivity contribution in [1.29, 1.82) is 0 Å². The first-order chi connectivity index (χ1) is 7.06. The number of hydrogen-bond donors (Lipinski definition) is 0. The summed E-state index contributed by atoms with van der Waals surface area (Å²) in [4.78, 5) is 11.1. The molecule has 15 heavy (non-hydrogen) atoms. The number of methoxy groups -OCH3 is 1. The lowest BCUT2D eigenvalue weighted by molar-refractivity contribution is -0.136. The first kappa shape index (κ1) is 13.7. The molecule has 2 nitrogen and oxygen atoms in total. The molecule has 0 fully saturated rings. The van der Waals surface area contributed by atoms with Crippen LogP contribution in [0.1, 0.15) is 33.6 Å². The second-order valence-corrected chi connectivity index (χ2v) is 3.34. The fourth-order valence-electron chi connectivity index (χ4n) is 1.17. The van der Waals surface area contributed by atoms with Crippen molar-refractivity contribution in [2.24, 2.45) is 0 Å². The fourth-order valence-corrected chi connectivity index (χ4v) is 1.17. The second-order valence-electron chi connectivity index (χ2n) is 3.34. The van der Waals surface area contributed by atoms with Gasteiger partial charge in [0.05, 0.1) is 7.11 Å². The number of ether oxygens (including phenoxy) is 1. The van der Waals surface area contributed by atoms with Crippen LogP contribution in [0.25, 0.3) is 0 Å². The lowest BCUT2D eigenvalue weighted by Gasteiger charge is -2.04. The maximum absolute atomic E-state index is 11.1. The van der Waals surface area contributed by atoms with Crippen molar-refractivity contribution >= 4 is 5.97 Å². The third-order valence-electron chi connectivity index (χ3n) is 2.30. The van der Waals surface area contributed by atoms with Crippen LogP contribution in [-0.2, 0) is 9.53 Å². The van der Waals surface area contributed by atoms with E-state index in [4.69, 9.17) is 0 Å². The quantitative estimate of drug-likeness (QED) is 0.393. The molecule has 0 bridgehead atoms. The molecule has 0 radical (unpaired) electrons. The average Bonchev–Trinajstić information content (AvgIpc) is 2.27. The van der Waals surface area contributed by atoms with E-state index >= 15 is 0 Å². The van der Waals surface area contributed by atoms with Crippen LogP contribution in [0.4, 0.5) is 0 Å². The highest BCUT2D eigenvalue weighted by atomic mass is 16.5. The van der Waals surface area contributed by atoms with E-state index in [0.29, 0.717) is 5.57 Å². The molecule has 84 valence electrons. The number of allylic oxidation sites excluding steroid dienone is 4. The largest absolute Gasteiger partial charge is 0.466 e. The Kier molecular flexibility index (Phi) is 6.43. The molecule has 0 heterocycles. The van der Waals surface area contributed by atoms with Gasteiger partial charge in [-0.15, -0.1) is 0 Å². The van der Waals surface area contributed by atoms with Gasteiger partial charge >= 0.3 is 5.97 Å². The zero-order valence-electron chi connectivity index (χ0n) is 10.1. The van der Waals surface area contributed by atoms with Crippen LogP contribution in [0, 0.1) is 0 Å². The summed E-state index contributed by atoms with van der Waals surface area (Å²) in [6.07, 6.45) is 5.59. The van der Waals surface area contributed by atoms with E-state index in [1.165, 1.54) is 12.7 Å². The van der Waals surface area contributed by atoms with E-state index < -0.39 is 0 Å². The van der Waals surface area contributed by atoms with Crippen LogP contribution in [0.3, 0.4) is 0 Å². The van der Waals surface area contributed by atoms with Gasteiger partial charge in [0, 0.05) is 5.57 Å². The summed E-state index contributed by atoms with van der Waals surface area (Å²) < 4.78 is 4.61. The van der Waals surface area contributed by atoms with Crippen molar-refractivity contribution in [3.05, 3.63) is 35.5 Å². The molecular weight excluding hydrogens is 188 g/mol. The first-order valence-electron chi connectivity index (χ1n) is 5.20. The van der Waals surface area contributed by atoms with E-state index in [-0.39, 0.29) is 5.97 Å². The van der Waals surface area contributed by atoms with Crippen LogP contribution in [0.15, 0.2) is 35.5 Å². The van der Waals surface area contributed by atoms with Crippen LogP contribution in [0.2, 0.25) is 0 Å². The summed E-state index contributed by atoms with van der Waals surface area (Å²) in [5, 5.41) is 0. The van der Waals surface area contributed by atoms with Gasteiger partial charge in [-0.25, -0.2) is 4.79 Å². The number of carbonyl (C=O) groups excluding carboxylic acids is 1. The molecule has 0 saturated heterocycles. The van der Waals surface area contributed by atoms with Gasteiger partial charge in [-0.05, 0) is 25.3 Å². The van der Waals surface area contributed by atoms with Gasteiger partial charge in [0.2, 0.25) is 0 Å². The molecule has 0 aliphatic rings. The van der Waals surface area contributed by atoms with E-state index in [0.717, 1.165) is 18.4 Å². The Morgan fingerprint density at radius 1 is 1.27 bits per heavy atom. The van der Waals surface area contributed by atoms with Crippen LogP contribution in [0.5, 0.6) is 0 Å². The van der Waals surface area contributed by atoms with Gasteiger partial charge in [0.1, 0.15) is 0 Å². The molecule has 0 spiro atoms. The van der Waals surface area contributed by atoms with Crippen LogP contribution >= 0.6 is 0 Å². The maximum atomic E-state index is 11.1. The molecule has 0 aromatic carbocycles. The van der Waals surface area contributed by atoms with Gasteiger partial charge in [-0.1, -0.05) is 38.2 Å². The molecule has 0 unspecified atom stereocenters. The first-order valence-corrected chi connectivity index (χ1v) is 5.20. The fraction of sp³-hybridized carbons (Fsp3) is 0.462. The zero-order chi connectivity index (χ0) is 11.8. The highest BCUT2D eigenvalue weighted by Crippen LogP contribution is 2.15. The Balaban J connectivity index is 4.72. The van der Waals surface area contributed by atoms with Gasteiger partial charge < -0.3 is 4.74 Å². The second kappa shape index (κ2) is 7.04. The smallest absolute Gasteiger partial charge is 0.333 e. The van der Waals surface area contributed by atoms with Gasteiger partial charge in [-0.3, -0.25) is 0 Å². The molecule has 0 aromatic heterocycles. The number of rotatable bonds is 5. The molecule has 0 N–H and O–H groups in total. The molecule has 0 aliphatic carbocycles. The summed E-state index contributed by atoms with van der Waals surface area (Å²) >= 11 is 0. The molecule has 0 aromatic rings. The summed E-state index contributed by atoms with van der Waals surface area (Å²) in [6.45, 7) is 9.86. The van der Waals surface area contributed by atoms with E-state index in [1.54, 1.807) is 13.0 Å². The van der Waals surface area contributed by atoms with E-state index in [1.807, 2.05) is 6.08 Å². The zero-order valence-corrected chi connectivity index (χ0v) is 10.1. The average molecular weight is 208 g/mol. The highest BCUT2D eigenvalue weighted by molar-refractivity contribution is 5.87. The molecule has 0 saturated carbocycles. The predicted molar refractivity (Wildman–Crippen MR) is 63.6 cm³/mol. The Morgan fingerprint density at radius 3 is 2.27 bits per heavy atom. The van der Waals surface area contributed by atoms with E-state index in [2.05, 4.69) is 25.2 Å². The van der Waals surface area contributed by atoms with Crippen LogP contribution < -0.4 is 0 Å². The van der Waals surface area contributed by atoms with Crippen molar-refractivity contribution < 1.29 is 9.53 Å². The monoisotopic (exact) mass is 208 g/mol. The number of carbonyl (C=O) groups is 1. The van der Waals surface area contributed by atoms with Crippen LogP contribution in [-0.4, -0.2) is 13.1 Å². The standard InChI is InChI=1S/C13H20O2/c1-6-10(3)12(7-2)9-8-11(4)13(14)15-5/h8-9H,3,6-7H2,1-2,4-5H3. The maximum Gasteiger partial charge on any atom is 0.333 e. The Labute approximate surface area is 92.3 Å². The molecule has 0 atom stereocenters. The summed E-state index contributed by atoms with van der Waals surface area (Å²) in [5.41, 5.74) is 2.90. The molecule has 2 heteroatoms. The summed E-state index contributed by atoms with van der Waals surface area (Å²) in [5.74, 6) is -0.288. The molecule has 0 rings (SSSR count). The Hall–Kier alpha value is -1.31. The van der Waals surface area contributed by atoms with E-state index in [9.17, 15) is 4.79 Å². The third-order valence-corrected chi connectivity index (χ3v) is 2.30. The summed E-state index contributed by atoms with van der Waals surface area (Å²) in [7, 11) is 1.38. The molecule has 0 amide bonds. The minimum atomic E-state index is -0.288. The van der Waals surface area contributed by atoms with Gasteiger partial charge in [0.15, 0.2) is 0 Å². The topological polar surface area (TPSA) is 26.3 Å².